The maximum Gasteiger partial charge on any atom is 0.227 e. The monoisotopic (exact) mass is 313 g/mol. The molecule has 0 radical (unpaired) electrons. The summed E-state index contributed by atoms with van der Waals surface area (Å²) in [6.45, 7) is 0.737. The van der Waals surface area contributed by atoms with E-state index in [-0.39, 0.29) is 5.91 Å². The summed E-state index contributed by atoms with van der Waals surface area (Å²) in [7, 11) is 3.21. The number of halogens is 1. The fourth-order valence-corrected chi connectivity index (χ4v) is 2.52. The van der Waals surface area contributed by atoms with Crippen molar-refractivity contribution in [1.29, 1.82) is 0 Å². The largest absolute Gasteiger partial charge is 0.497 e. The van der Waals surface area contributed by atoms with Crippen molar-refractivity contribution < 1.29 is 14.3 Å². The zero-order valence-corrected chi connectivity index (χ0v) is 12.1. The van der Waals surface area contributed by atoms with E-state index in [2.05, 4.69) is 15.9 Å². The molecule has 2 rings (SSSR count). The minimum atomic E-state index is 0.148. The Hall–Kier alpha value is -1.23. The highest BCUT2D eigenvalue weighted by molar-refractivity contribution is 9.09. The first-order chi connectivity index (χ1) is 8.67. The van der Waals surface area contributed by atoms with Gasteiger partial charge in [0.25, 0.3) is 0 Å². The van der Waals surface area contributed by atoms with Crippen LogP contribution < -0.4 is 14.4 Å². The molecule has 1 aromatic carbocycles. The molecule has 0 N–H and O–H groups in total. The molecule has 1 aliphatic heterocycles. The third-order valence-electron chi connectivity index (χ3n) is 3.07. The van der Waals surface area contributed by atoms with Gasteiger partial charge in [0.1, 0.15) is 11.5 Å². The van der Waals surface area contributed by atoms with E-state index in [0.29, 0.717) is 23.8 Å². The molecule has 0 aliphatic carbocycles. The van der Waals surface area contributed by atoms with Gasteiger partial charge in [0.2, 0.25) is 5.91 Å². The van der Waals surface area contributed by atoms with Crippen LogP contribution in [0.5, 0.6) is 11.5 Å². The Morgan fingerprint density at radius 2 is 1.89 bits per heavy atom. The second-order valence-electron chi connectivity index (χ2n) is 4.30. The average molecular weight is 314 g/mol. The van der Waals surface area contributed by atoms with Gasteiger partial charge in [-0.2, -0.15) is 0 Å². The number of anilines is 1. The third kappa shape index (κ3) is 2.61. The summed E-state index contributed by atoms with van der Waals surface area (Å²) < 4.78 is 10.4. The minimum Gasteiger partial charge on any atom is -0.497 e. The van der Waals surface area contributed by atoms with Crippen molar-refractivity contribution in [1.82, 2.24) is 0 Å². The topological polar surface area (TPSA) is 38.8 Å². The maximum atomic E-state index is 12.0. The number of alkyl halides is 1. The van der Waals surface area contributed by atoms with E-state index in [1.54, 1.807) is 25.2 Å². The molecule has 1 saturated heterocycles. The summed E-state index contributed by atoms with van der Waals surface area (Å²) in [4.78, 5) is 13.8. The Balaban J connectivity index is 2.30. The van der Waals surface area contributed by atoms with Crippen LogP contribution >= 0.6 is 15.9 Å². The predicted molar refractivity (Wildman–Crippen MR) is 73.8 cm³/mol. The standard InChI is InChI=1S/C13H16BrNO3/c1-17-11-4-10(5-12(6-11)18-2)15-8-9(7-14)3-13(15)16/h4-6,9H,3,7-8H2,1-2H3. The smallest absolute Gasteiger partial charge is 0.227 e. The second kappa shape index (κ2) is 5.61. The van der Waals surface area contributed by atoms with Crippen molar-refractivity contribution in [2.75, 3.05) is 31.0 Å². The van der Waals surface area contributed by atoms with Gasteiger partial charge >= 0.3 is 0 Å². The molecule has 1 heterocycles. The van der Waals surface area contributed by atoms with E-state index in [1.807, 2.05) is 12.1 Å². The average Bonchev–Trinajstić information content (AvgIpc) is 2.79. The molecule has 1 fully saturated rings. The van der Waals surface area contributed by atoms with Gasteiger partial charge in [-0.05, 0) is 5.92 Å². The van der Waals surface area contributed by atoms with E-state index >= 15 is 0 Å². The molecular weight excluding hydrogens is 298 g/mol. The van der Waals surface area contributed by atoms with Crippen LogP contribution in [0.3, 0.4) is 0 Å². The number of carbonyl (C=O) groups excluding carboxylic acids is 1. The Bertz CT molecular complexity index is 428. The molecule has 0 bridgehead atoms. The highest BCUT2D eigenvalue weighted by Crippen LogP contribution is 2.32. The summed E-state index contributed by atoms with van der Waals surface area (Å²) >= 11 is 3.43. The second-order valence-corrected chi connectivity index (χ2v) is 4.95. The first kappa shape index (κ1) is 13.2. The summed E-state index contributed by atoms with van der Waals surface area (Å²) in [6.07, 6.45) is 0.588. The molecule has 0 aromatic heterocycles. The zero-order valence-electron chi connectivity index (χ0n) is 10.5. The van der Waals surface area contributed by atoms with E-state index in [9.17, 15) is 4.79 Å². The van der Waals surface area contributed by atoms with Gasteiger partial charge in [0.05, 0.1) is 19.9 Å². The minimum absolute atomic E-state index is 0.148. The first-order valence-corrected chi connectivity index (χ1v) is 6.89. The van der Waals surface area contributed by atoms with Crippen LogP contribution in [0, 0.1) is 5.92 Å². The van der Waals surface area contributed by atoms with Gasteiger partial charge in [-0.1, -0.05) is 15.9 Å². The number of hydrogen-bond donors (Lipinski definition) is 0. The van der Waals surface area contributed by atoms with Crippen molar-refractivity contribution in [3.63, 3.8) is 0 Å². The van der Waals surface area contributed by atoms with Gasteiger partial charge in [-0.3, -0.25) is 4.79 Å². The lowest BCUT2D eigenvalue weighted by molar-refractivity contribution is -0.117. The van der Waals surface area contributed by atoms with Gasteiger partial charge in [0, 0.05) is 36.5 Å². The van der Waals surface area contributed by atoms with Gasteiger partial charge in [-0.25, -0.2) is 0 Å². The lowest BCUT2D eigenvalue weighted by Crippen LogP contribution is -2.24. The van der Waals surface area contributed by atoms with E-state index < -0.39 is 0 Å². The number of carbonyl (C=O) groups is 1. The summed E-state index contributed by atoms with van der Waals surface area (Å²) in [5.41, 5.74) is 0.833. The Morgan fingerprint density at radius 3 is 2.33 bits per heavy atom. The fraction of sp³-hybridized carbons (Fsp3) is 0.462. The van der Waals surface area contributed by atoms with Crippen LogP contribution in [0.2, 0.25) is 0 Å². The molecule has 0 spiro atoms. The molecule has 98 valence electrons. The highest BCUT2D eigenvalue weighted by atomic mass is 79.9. The molecule has 5 heteroatoms. The van der Waals surface area contributed by atoms with Gasteiger partial charge in [-0.15, -0.1) is 0 Å². The molecule has 4 nitrogen and oxygen atoms in total. The van der Waals surface area contributed by atoms with Gasteiger partial charge in [0.15, 0.2) is 0 Å². The van der Waals surface area contributed by atoms with Crippen LogP contribution in [0.25, 0.3) is 0 Å². The Kier molecular flexibility index (Phi) is 4.11. The van der Waals surface area contributed by atoms with E-state index in [4.69, 9.17) is 9.47 Å². The molecule has 1 amide bonds. The molecule has 1 unspecified atom stereocenters. The zero-order chi connectivity index (χ0) is 13.1. The third-order valence-corrected chi connectivity index (χ3v) is 3.99. The lowest BCUT2D eigenvalue weighted by Gasteiger charge is -2.18. The normalized spacial score (nSPS) is 19.2. The maximum absolute atomic E-state index is 12.0. The molecule has 1 aliphatic rings. The number of amides is 1. The number of ether oxygens (including phenoxy) is 2. The Labute approximate surface area is 115 Å². The van der Waals surface area contributed by atoms with Crippen molar-refractivity contribution >= 4 is 27.5 Å². The van der Waals surface area contributed by atoms with E-state index in [0.717, 1.165) is 17.6 Å². The molecular formula is C13H16BrNO3. The summed E-state index contributed by atoms with van der Waals surface area (Å²) in [5, 5.41) is 0.844. The van der Waals surface area contributed by atoms with Crippen LogP contribution in [0.15, 0.2) is 18.2 Å². The van der Waals surface area contributed by atoms with Crippen molar-refractivity contribution in [2.24, 2.45) is 5.92 Å². The van der Waals surface area contributed by atoms with Gasteiger partial charge < -0.3 is 14.4 Å². The number of hydrogen-bond acceptors (Lipinski definition) is 3. The molecule has 1 atom stereocenters. The van der Waals surface area contributed by atoms with Crippen LogP contribution in [-0.4, -0.2) is 32.0 Å². The number of benzene rings is 1. The van der Waals surface area contributed by atoms with Crippen molar-refractivity contribution in [3.05, 3.63) is 18.2 Å². The summed E-state index contributed by atoms with van der Waals surface area (Å²) in [5.74, 6) is 1.91. The SMILES string of the molecule is COc1cc(OC)cc(N2CC(CBr)CC2=O)c1. The fourth-order valence-electron chi connectivity index (χ4n) is 2.08. The molecule has 0 saturated carbocycles. The molecule has 1 aromatic rings. The highest BCUT2D eigenvalue weighted by Gasteiger charge is 2.30. The van der Waals surface area contributed by atoms with E-state index in [1.165, 1.54) is 0 Å². The number of rotatable bonds is 4. The predicted octanol–water partition coefficient (Wildman–Crippen LogP) is 2.45. The lowest BCUT2D eigenvalue weighted by atomic mass is 10.2. The Morgan fingerprint density at radius 1 is 1.28 bits per heavy atom. The number of nitrogens with zero attached hydrogens (tertiary/aromatic N) is 1. The van der Waals surface area contributed by atoms with Crippen molar-refractivity contribution in [2.45, 2.75) is 6.42 Å². The van der Waals surface area contributed by atoms with Crippen LogP contribution in [0.1, 0.15) is 6.42 Å². The summed E-state index contributed by atoms with van der Waals surface area (Å²) in [6, 6.07) is 5.51. The van der Waals surface area contributed by atoms with Crippen LogP contribution in [-0.2, 0) is 4.79 Å². The molecule has 18 heavy (non-hydrogen) atoms. The number of methoxy groups -OCH3 is 2. The van der Waals surface area contributed by atoms with Crippen LogP contribution in [0.4, 0.5) is 5.69 Å². The van der Waals surface area contributed by atoms with Crippen molar-refractivity contribution in [3.8, 4) is 11.5 Å². The quantitative estimate of drug-likeness (QED) is 0.801. The first-order valence-electron chi connectivity index (χ1n) is 5.77.